The lowest BCUT2D eigenvalue weighted by atomic mass is 9.91. The minimum atomic E-state index is -0.116. The molecule has 0 aromatic rings. The Morgan fingerprint density at radius 3 is 1.61 bits per heavy atom. The average molecular weight is 511 g/mol. The van der Waals surface area contributed by atoms with Crippen LogP contribution in [0.15, 0.2) is 0 Å². The van der Waals surface area contributed by atoms with E-state index < -0.39 is 0 Å². The molecule has 0 aromatic carbocycles. The number of esters is 1. The summed E-state index contributed by atoms with van der Waals surface area (Å²) < 4.78 is 33.1. The minimum absolute atomic E-state index is 0.116. The maximum atomic E-state index is 12.0. The molecule has 2 aliphatic rings. The van der Waals surface area contributed by atoms with E-state index in [0.717, 1.165) is 38.7 Å². The molecule has 0 aliphatic heterocycles. The highest BCUT2D eigenvalue weighted by atomic mass is 16.6. The predicted molar refractivity (Wildman–Crippen MR) is 140 cm³/mol. The molecular formula is C29H50O7. The highest BCUT2D eigenvalue weighted by Crippen LogP contribution is 2.52. The average Bonchev–Trinajstić information content (AvgIpc) is 3.47. The fraction of sp³-hybridized carbons (Fsp3) is 0.897. The first-order chi connectivity index (χ1) is 17.5. The number of hydrogen-bond donors (Lipinski definition) is 0. The summed E-state index contributed by atoms with van der Waals surface area (Å²) in [6.07, 6.45) is 7.64. The van der Waals surface area contributed by atoms with Crippen LogP contribution in [0.2, 0.25) is 0 Å². The van der Waals surface area contributed by atoms with Crippen LogP contribution in [0.25, 0.3) is 0 Å². The molecule has 1 fully saturated rings. The van der Waals surface area contributed by atoms with Gasteiger partial charge in [-0.15, -0.1) is 11.8 Å². The molecule has 0 spiro atoms. The van der Waals surface area contributed by atoms with Crippen LogP contribution in [-0.4, -0.2) is 78.6 Å². The number of carbonyl (C=O) groups excluding carboxylic acids is 1. The van der Waals surface area contributed by atoms with Crippen LogP contribution >= 0.6 is 0 Å². The van der Waals surface area contributed by atoms with Gasteiger partial charge in [0.25, 0.3) is 0 Å². The normalized spacial score (nSPS) is 21.1. The second-order valence-electron chi connectivity index (χ2n) is 10.9. The Balaban J connectivity index is 1.24. The number of carbonyl (C=O) groups is 1. The monoisotopic (exact) mass is 510 g/mol. The van der Waals surface area contributed by atoms with E-state index >= 15 is 0 Å². The highest BCUT2D eigenvalue weighted by molar-refractivity contribution is 5.69. The van der Waals surface area contributed by atoms with Gasteiger partial charge in [0.2, 0.25) is 0 Å². The van der Waals surface area contributed by atoms with Crippen LogP contribution in [0.4, 0.5) is 0 Å². The van der Waals surface area contributed by atoms with Crippen molar-refractivity contribution < 1.29 is 33.2 Å². The molecule has 1 saturated carbocycles. The number of ether oxygens (including phenoxy) is 6. The first-order valence-electron chi connectivity index (χ1n) is 14.0. The van der Waals surface area contributed by atoms with Crippen molar-refractivity contribution in [3.63, 3.8) is 0 Å². The van der Waals surface area contributed by atoms with Crippen molar-refractivity contribution in [1.82, 2.24) is 0 Å². The molecule has 0 N–H and O–H groups in total. The third-order valence-electron chi connectivity index (χ3n) is 6.65. The maximum absolute atomic E-state index is 12.0. The Kier molecular flexibility index (Phi) is 16.4. The fourth-order valence-corrected chi connectivity index (χ4v) is 4.55. The fourth-order valence-electron chi connectivity index (χ4n) is 4.55. The quantitative estimate of drug-likeness (QED) is 0.126. The van der Waals surface area contributed by atoms with Crippen molar-refractivity contribution in [3.05, 3.63) is 0 Å². The molecule has 0 saturated heterocycles. The summed E-state index contributed by atoms with van der Waals surface area (Å²) in [5.41, 5.74) is 0.371. The summed E-state index contributed by atoms with van der Waals surface area (Å²) in [6.45, 7) is 13.1. The Hall–Kier alpha value is -1.17. The topological polar surface area (TPSA) is 72.5 Å². The van der Waals surface area contributed by atoms with E-state index in [2.05, 4.69) is 32.6 Å². The highest BCUT2D eigenvalue weighted by Gasteiger charge is 2.49. The summed E-state index contributed by atoms with van der Waals surface area (Å²) in [7, 11) is 0. The Morgan fingerprint density at radius 2 is 1.14 bits per heavy atom. The van der Waals surface area contributed by atoms with Gasteiger partial charge in [0.1, 0.15) is 0 Å². The van der Waals surface area contributed by atoms with Gasteiger partial charge >= 0.3 is 5.97 Å². The first-order valence-corrected chi connectivity index (χ1v) is 14.0. The van der Waals surface area contributed by atoms with Crippen LogP contribution in [0, 0.1) is 35.0 Å². The second-order valence-corrected chi connectivity index (χ2v) is 10.9. The number of hydrogen-bond acceptors (Lipinski definition) is 7. The van der Waals surface area contributed by atoms with Gasteiger partial charge < -0.3 is 28.4 Å². The Morgan fingerprint density at radius 1 is 0.694 bits per heavy atom. The van der Waals surface area contributed by atoms with Gasteiger partial charge in [0, 0.05) is 32.5 Å². The third-order valence-corrected chi connectivity index (χ3v) is 6.65. The second kappa shape index (κ2) is 19.0. The SMILES string of the molecule is CC(C)(C)CCCOCCOCCOCCOCCOCCCC(=O)OCC1[C@H]2CCC#CCC[C@@H]12. The zero-order chi connectivity index (χ0) is 25.9. The third kappa shape index (κ3) is 15.8. The van der Waals surface area contributed by atoms with Crippen LogP contribution in [0.5, 0.6) is 0 Å². The van der Waals surface area contributed by atoms with Gasteiger partial charge in [-0.25, -0.2) is 0 Å². The lowest BCUT2D eigenvalue weighted by molar-refractivity contribution is -0.144. The lowest BCUT2D eigenvalue weighted by Crippen LogP contribution is -2.14. The van der Waals surface area contributed by atoms with Gasteiger partial charge in [-0.2, -0.15) is 0 Å². The smallest absolute Gasteiger partial charge is 0.305 e. The number of fused-ring (bicyclic) bond motifs is 1. The molecule has 7 heteroatoms. The van der Waals surface area contributed by atoms with Gasteiger partial charge in [-0.3, -0.25) is 4.79 Å². The van der Waals surface area contributed by atoms with E-state index in [-0.39, 0.29) is 5.97 Å². The molecule has 3 atom stereocenters. The largest absolute Gasteiger partial charge is 0.465 e. The van der Waals surface area contributed by atoms with Gasteiger partial charge in [0.05, 0.1) is 59.5 Å². The maximum Gasteiger partial charge on any atom is 0.305 e. The Bertz CT molecular complexity index is 616. The minimum Gasteiger partial charge on any atom is -0.465 e. The van der Waals surface area contributed by atoms with Crippen LogP contribution in [0.3, 0.4) is 0 Å². The lowest BCUT2D eigenvalue weighted by Gasteiger charge is -2.17. The van der Waals surface area contributed by atoms with Crippen LogP contribution in [0.1, 0.15) is 72.1 Å². The zero-order valence-corrected chi connectivity index (χ0v) is 23.0. The molecule has 36 heavy (non-hydrogen) atoms. The van der Waals surface area contributed by atoms with Gasteiger partial charge in [-0.1, -0.05) is 20.8 Å². The first kappa shape index (κ1) is 31.1. The van der Waals surface area contributed by atoms with Gasteiger partial charge in [-0.05, 0) is 55.3 Å². The van der Waals surface area contributed by atoms with E-state index in [1.807, 2.05) is 0 Å². The van der Waals surface area contributed by atoms with Crippen molar-refractivity contribution in [2.24, 2.45) is 23.2 Å². The molecule has 2 aliphatic carbocycles. The van der Waals surface area contributed by atoms with Crippen molar-refractivity contribution in [1.29, 1.82) is 0 Å². The van der Waals surface area contributed by atoms with Crippen molar-refractivity contribution in [2.45, 2.75) is 72.1 Å². The predicted octanol–water partition coefficient (Wildman–Crippen LogP) is 4.66. The molecule has 0 amide bonds. The summed E-state index contributed by atoms with van der Waals surface area (Å²) >= 11 is 0. The standard InChI is InChI=1S/C29H50O7/c1-29(2,3)13-9-15-32-17-19-34-21-23-35-22-20-33-18-16-31-14-8-12-28(30)36-24-27-25-10-6-4-5-7-11-26(25)27/h25-27H,6-24H2,1-3H3/t25-,26+,27?. The van der Waals surface area contributed by atoms with Crippen LogP contribution in [-0.2, 0) is 33.2 Å². The molecule has 2 rings (SSSR count). The summed E-state index contributed by atoms with van der Waals surface area (Å²) in [5.74, 6) is 8.29. The molecule has 7 nitrogen and oxygen atoms in total. The van der Waals surface area contributed by atoms with E-state index in [4.69, 9.17) is 28.4 Å². The summed E-state index contributed by atoms with van der Waals surface area (Å²) in [6, 6.07) is 0. The molecule has 0 heterocycles. The van der Waals surface area contributed by atoms with Crippen molar-refractivity contribution in [3.8, 4) is 11.8 Å². The summed E-state index contributed by atoms with van der Waals surface area (Å²) in [4.78, 5) is 12.0. The Labute approximate surface area is 219 Å². The van der Waals surface area contributed by atoms with Crippen molar-refractivity contribution >= 4 is 5.97 Å². The molecule has 0 aromatic heterocycles. The van der Waals surface area contributed by atoms with Crippen LogP contribution < -0.4 is 0 Å². The molecular weight excluding hydrogens is 460 g/mol. The van der Waals surface area contributed by atoms with E-state index in [1.165, 1.54) is 6.42 Å². The van der Waals surface area contributed by atoms with Gasteiger partial charge in [0.15, 0.2) is 0 Å². The molecule has 0 radical (unpaired) electrons. The van der Waals surface area contributed by atoms with Crippen molar-refractivity contribution in [2.75, 3.05) is 72.7 Å². The summed E-state index contributed by atoms with van der Waals surface area (Å²) in [5, 5.41) is 0. The zero-order valence-electron chi connectivity index (χ0n) is 23.0. The van der Waals surface area contributed by atoms with E-state index in [0.29, 0.717) is 102 Å². The molecule has 0 bridgehead atoms. The molecule has 208 valence electrons. The molecule has 1 unspecified atom stereocenters. The van der Waals surface area contributed by atoms with E-state index in [1.54, 1.807) is 0 Å². The van der Waals surface area contributed by atoms with E-state index in [9.17, 15) is 4.79 Å². The number of rotatable bonds is 21.